The number of nitrogens with zero attached hydrogens (tertiary/aromatic N) is 4. The minimum absolute atomic E-state index is 0.194. The minimum atomic E-state index is 0.194. The molecule has 108 valence electrons. The molecular weight excluding hydrogens is 248 g/mol. The molecule has 0 aromatic rings. The summed E-state index contributed by atoms with van der Waals surface area (Å²) in [6, 6.07) is 0. The fourth-order valence-corrected chi connectivity index (χ4v) is 2.79. The van der Waals surface area contributed by atoms with Crippen molar-refractivity contribution < 1.29 is 14.3 Å². The summed E-state index contributed by atoms with van der Waals surface area (Å²) in [5.41, 5.74) is 0. The predicted octanol–water partition coefficient (Wildman–Crippen LogP) is -0.680. The molecule has 3 heterocycles. The minimum Gasteiger partial charge on any atom is -0.379 e. The van der Waals surface area contributed by atoms with E-state index in [1.165, 1.54) is 0 Å². The third kappa shape index (κ3) is 2.90. The Morgan fingerprint density at radius 2 is 1.37 bits per heavy atom. The molecule has 3 fully saturated rings. The molecule has 3 aliphatic rings. The van der Waals surface area contributed by atoms with Crippen LogP contribution >= 0.6 is 0 Å². The van der Waals surface area contributed by atoms with Gasteiger partial charge in [-0.3, -0.25) is 4.79 Å². The fourth-order valence-electron chi connectivity index (χ4n) is 2.79. The standard InChI is InChI=1S/C12H22N4O3/c17-12-2-1-3-15(13-4-8-18-9-5-13)16(12)14-6-10-19-11-7-14/h1-11H2. The number of hydrogen-bond acceptors (Lipinski definition) is 6. The van der Waals surface area contributed by atoms with E-state index in [4.69, 9.17) is 9.47 Å². The highest BCUT2D eigenvalue weighted by Crippen LogP contribution is 2.19. The summed E-state index contributed by atoms with van der Waals surface area (Å²) in [5, 5.41) is 8.30. The van der Waals surface area contributed by atoms with Crippen LogP contribution in [0.2, 0.25) is 0 Å². The van der Waals surface area contributed by atoms with Crippen LogP contribution in [0, 0.1) is 0 Å². The van der Waals surface area contributed by atoms with Crippen LogP contribution in [0.5, 0.6) is 0 Å². The molecule has 0 aliphatic carbocycles. The number of rotatable bonds is 2. The SMILES string of the molecule is O=C1CCCN(N2CCOCC2)N1N1CCOCC1. The summed E-state index contributed by atoms with van der Waals surface area (Å²) in [6.07, 6.45) is 1.56. The number of carbonyl (C=O) groups excluding carboxylic acids is 1. The number of morpholine rings is 2. The Bertz CT molecular complexity index is 316. The van der Waals surface area contributed by atoms with E-state index in [1.54, 1.807) is 0 Å². The lowest BCUT2D eigenvalue weighted by Crippen LogP contribution is -2.67. The molecule has 3 rings (SSSR count). The van der Waals surface area contributed by atoms with Crippen molar-refractivity contribution >= 4 is 5.91 Å². The molecule has 0 aromatic heterocycles. The van der Waals surface area contributed by atoms with Gasteiger partial charge in [-0.1, -0.05) is 0 Å². The van der Waals surface area contributed by atoms with Crippen LogP contribution in [0.25, 0.3) is 0 Å². The maximum atomic E-state index is 12.3. The van der Waals surface area contributed by atoms with E-state index in [-0.39, 0.29) is 5.91 Å². The molecule has 0 radical (unpaired) electrons. The zero-order chi connectivity index (χ0) is 13.1. The molecule has 3 saturated heterocycles. The molecule has 0 atom stereocenters. The van der Waals surface area contributed by atoms with E-state index in [9.17, 15) is 4.79 Å². The third-order valence-corrected chi connectivity index (χ3v) is 3.76. The first-order valence-electron chi connectivity index (χ1n) is 7.12. The van der Waals surface area contributed by atoms with Crippen LogP contribution in [-0.4, -0.2) is 85.3 Å². The lowest BCUT2D eigenvalue weighted by atomic mass is 10.2. The van der Waals surface area contributed by atoms with Gasteiger partial charge in [0.25, 0.3) is 5.91 Å². The zero-order valence-corrected chi connectivity index (χ0v) is 11.3. The van der Waals surface area contributed by atoms with Crippen LogP contribution in [-0.2, 0) is 14.3 Å². The Hall–Kier alpha value is -0.730. The summed E-state index contributed by atoms with van der Waals surface area (Å²) in [7, 11) is 0. The zero-order valence-electron chi connectivity index (χ0n) is 11.3. The van der Waals surface area contributed by atoms with Gasteiger partial charge in [0.1, 0.15) is 0 Å². The van der Waals surface area contributed by atoms with Gasteiger partial charge in [-0.15, -0.1) is 5.12 Å². The average molecular weight is 270 g/mol. The molecule has 0 N–H and O–H groups in total. The third-order valence-electron chi connectivity index (χ3n) is 3.76. The normalized spacial score (nSPS) is 28.8. The van der Waals surface area contributed by atoms with Crippen LogP contribution < -0.4 is 0 Å². The quantitative estimate of drug-likeness (QED) is 0.663. The lowest BCUT2D eigenvalue weighted by molar-refractivity contribution is -0.292. The number of amides is 1. The highest BCUT2D eigenvalue weighted by Gasteiger charge is 2.35. The van der Waals surface area contributed by atoms with Crippen molar-refractivity contribution in [1.82, 2.24) is 20.3 Å². The van der Waals surface area contributed by atoms with E-state index in [0.29, 0.717) is 19.6 Å². The number of hydrazine groups is 3. The Morgan fingerprint density at radius 3 is 2.00 bits per heavy atom. The Kier molecular flexibility index (Phi) is 4.29. The molecule has 0 unspecified atom stereocenters. The molecule has 3 aliphatic heterocycles. The van der Waals surface area contributed by atoms with Gasteiger partial charge in [0.15, 0.2) is 0 Å². The van der Waals surface area contributed by atoms with E-state index in [0.717, 1.165) is 52.4 Å². The van der Waals surface area contributed by atoms with Crippen LogP contribution in [0.1, 0.15) is 12.8 Å². The van der Waals surface area contributed by atoms with Crippen molar-refractivity contribution in [2.24, 2.45) is 0 Å². The van der Waals surface area contributed by atoms with Crippen LogP contribution in [0.15, 0.2) is 0 Å². The van der Waals surface area contributed by atoms with Crippen LogP contribution in [0.3, 0.4) is 0 Å². The summed E-state index contributed by atoms with van der Waals surface area (Å²) in [6.45, 7) is 7.05. The molecule has 7 nitrogen and oxygen atoms in total. The molecule has 7 heteroatoms. The molecular formula is C12H22N4O3. The maximum Gasteiger partial charge on any atom is 0.253 e. The molecule has 0 saturated carbocycles. The Labute approximate surface area is 113 Å². The van der Waals surface area contributed by atoms with Crippen molar-refractivity contribution in [3.63, 3.8) is 0 Å². The first kappa shape index (κ1) is 13.3. The van der Waals surface area contributed by atoms with Gasteiger partial charge in [0.2, 0.25) is 0 Å². The van der Waals surface area contributed by atoms with Crippen molar-refractivity contribution in [3.8, 4) is 0 Å². The summed E-state index contributed by atoms with van der Waals surface area (Å²) in [4.78, 5) is 12.3. The highest BCUT2D eigenvalue weighted by molar-refractivity contribution is 5.75. The molecule has 0 spiro atoms. The second-order valence-electron chi connectivity index (χ2n) is 5.01. The van der Waals surface area contributed by atoms with Gasteiger partial charge < -0.3 is 9.47 Å². The smallest absolute Gasteiger partial charge is 0.253 e. The van der Waals surface area contributed by atoms with Gasteiger partial charge in [0.05, 0.1) is 26.4 Å². The largest absolute Gasteiger partial charge is 0.379 e. The van der Waals surface area contributed by atoms with Crippen molar-refractivity contribution in [1.29, 1.82) is 0 Å². The highest BCUT2D eigenvalue weighted by atomic mass is 16.5. The second-order valence-corrected chi connectivity index (χ2v) is 5.01. The fraction of sp³-hybridized carbons (Fsp3) is 0.917. The Morgan fingerprint density at radius 1 is 0.789 bits per heavy atom. The predicted molar refractivity (Wildman–Crippen MR) is 67.6 cm³/mol. The van der Waals surface area contributed by atoms with Crippen molar-refractivity contribution in [3.05, 3.63) is 0 Å². The molecule has 0 bridgehead atoms. The van der Waals surface area contributed by atoms with E-state index in [2.05, 4.69) is 15.1 Å². The van der Waals surface area contributed by atoms with E-state index >= 15 is 0 Å². The summed E-state index contributed by atoms with van der Waals surface area (Å²) in [5.74, 6) is 0.194. The van der Waals surface area contributed by atoms with Gasteiger partial charge in [-0.05, 0) is 6.42 Å². The average Bonchev–Trinajstić information content (AvgIpc) is 2.49. The first-order valence-corrected chi connectivity index (χ1v) is 7.12. The number of ether oxygens (including phenoxy) is 2. The van der Waals surface area contributed by atoms with Crippen molar-refractivity contribution in [2.45, 2.75) is 12.8 Å². The number of hydrogen-bond donors (Lipinski definition) is 0. The second kappa shape index (κ2) is 6.15. The molecule has 0 aromatic carbocycles. The lowest BCUT2D eigenvalue weighted by Gasteiger charge is -2.50. The van der Waals surface area contributed by atoms with E-state index < -0.39 is 0 Å². The molecule has 1 amide bonds. The first-order chi connectivity index (χ1) is 9.36. The van der Waals surface area contributed by atoms with Crippen LogP contribution in [0.4, 0.5) is 0 Å². The maximum absolute atomic E-state index is 12.3. The monoisotopic (exact) mass is 270 g/mol. The van der Waals surface area contributed by atoms with Gasteiger partial charge in [0, 0.05) is 39.1 Å². The summed E-state index contributed by atoms with van der Waals surface area (Å²) < 4.78 is 10.8. The van der Waals surface area contributed by atoms with E-state index in [1.807, 2.05) is 5.12 Å². The topological polar surface area (TPSA) is 48.5 Å². The van der Waals surface area contributed by atoms with Gasteiger partial charge in [-0.2, -0.15) is 10.1 Å². The number of carbonyl (C=O) groups is 1. The van der Waals surface area contributed by atoms with Crippen molar-refractivity contribution in [2.75, 3.05) is 59.2 Å². The Balaban J connectivity index is 1.72. The summed E-state index contributed by atoms with van der Waals surface area (Å²) >= 11 is 0. The van der Waals surface area contributed by atoms with Gasteiger partial charge in [-0.25, -0.2) is 5.01 Å². The molecule has 19 heavy (non-hydrogen) atoms. The van der Waals surface area contributed by atoms with Gasteiger partial charge >= 0.3 is 0 Å².